The number of carbonyl (C=O) groups excluding carboxylic acids is 2. The molecule has 0 saturated heterocycles. The molecular weight excluding hydrogens is 551 g/mol. The number of sulfone groups is 1. The summed E-state index contributed by atoms with van der Waals surface area (Å²) in [5.41, 5.74) is 3.01. The molecule has 0 N–H and O–H groups in total. The summed E-state index contributed by atoms with van der Waals surface area (Å²) in [6.07, 6.45) is 2.61. The molecule has 4 aromatic carbocycles. The second-order valence-corrected chi connectivity index (χ2v) is 11.8. The summed E-state index contributed by atoms with van der Waals surface area (Å²) < 4.78 is 28.7. The topological polar surface area (TPSA) is 68.3 Å². The smallest absolute Gasteiger partial charge is 0.214 e. The fraction of sp³-hybridized carbons (Fsp3) is 0.0625. The second-order valence-electron chi connectivity index (χ2n) is 9.02. The summed E-state index contributed by atoms with van der Waals surface area (Å²) in [6, 6.07) is 26.0. The van der Waals surface area contributed by atoms with Gasteiger partial charge in [0.2, 0.25) is 21.4 Å². The standard InChI is InChI=1S/C32H24Cl2O4S/c1-21-5-3-7-23(17-21)19-29(31(35)25-9-13-27(33)14-10-25)39(37,38)30(20-24-8-4-6-22(2)18-24)32(36)26-11-15-28(34)16-12-26/h3-20H,1-2H3/b29-19-,30-20-. The lowest BCUT2D eigenvalue weighted by molar-refractivity contribution is 0.103. The van der Waals surface area contributed by atoms with Crippen LogP contribution in [0.1, 0.15) is 43.0 Å². The molecule has 0 amide bonds. The molecule has 0 fully saturated rings. The minimum Gasteiger partial charge on any atom is -0.288 e. The Hall–Kier alpha value is -3.77. The van der Waals surface area contributed by atoms with Crippen molar-refractivity contribution in [3.8, 4) is 0 Å². The van der Waals surface area contributed by atoms with Gasteiger partial charge in [-0.1, -0.05) is 82.9 Å². The molecule has 0 aliphatic carbocycles. The number of ketones is 2. The Morgan fingerprint density at radius 2 is 0.949 bits per heavy atom. The maximum Gasteiger partial charge on any atom is 0.214 e. The van der Waals surface area contributed by atoms with Crippen LogP contribution in [0, 0.1) is 13.8 Å². The van der Waals surface area contributed by atoms with Crippen molar-refractivity contribution in [1.82, 2.24) is 0 Å². The van der Waals surface area contributed by atoms with Crippen LogP contribution in [-0.4, -0.2) is 20.0 Å². The van der Waals surface area contributed by atoms with Crippen LogP contribution in [-0.2, 0) is 9.84 Å². The molecule has 4 rings (SSSR count). The molecule has 7 heteroatoms. The molecule has 4 nitrogen and oxygen atoms in total. The highest BCUT2D eigenvalue weighted by Gasteiger charge is 2.34. The van der Waals surface area contributed by atoms with Crippen LogP contribution in [0.2, 0.25) is 10.0 Å². The van der Waals surface area contributed by atoms with Gasteiger partial charge in [-0.05, 0) is 85.7 Å². The van der Waals surface area contributed by atoms with E-state index in [9.17, 15) is 18.0 Å². The monoisotopic (exact) mass is 574 g/mol. The highest BCUT2D eigenvalue weighted by Crippen LogP contribution is 2.29. The second kappa shape index (κ2) is 12.0. The Bertz CT molecular complexity index is 1590. The van der Waals surface area contributed by atoms with Gasteiger partial charge in [-0.3, -0.25) is 9.59 Å². The fourth-order valence-corrected chi connectivity index (χ4v) is 5.75. The number of hydrogen-bond donors (Lipinski definition) is 0. The average molecular weight is 576 g/mol. The summed E-state index contributed by atoms with van der Waals surface area (Å²) in [6.45, 7) is 3.72. The number of aryl methyl sites for hydroxylation is 2. The number of Topliss-reactive ketones (excluding diaryl/α,β-unsaturated/α-hetero) is 2. The van der Waals surface area contributed by atoms with E-state index in [1.807, 2.05) is 26.0 Å². The first kappa shape index (κ1) is 28.2. The van der Waals surface area contributed by atoms with Crippen LogP contribution in [0.15, 0.2) is 107 Å². The molecule has 0 atom stereocenters. The van der Waals surface area contributed by atoms with Crippen molar-refractivity contribution in [2.75, 3.05) is 0 Å². The molecule has 0 spiro atoms. The predicted molar refractivity (Wildman–Crippen MR) is 159 cm³/mol. The van der Waals surface area contributed by atoms with Crippen molar-refractivity contribution < 1.29 is 18.0 Å². The van der Waals surface area contributed by atoms with E-state index < -0.39 is 31.2 Å². The minimum absolute atomic E-state index is 0.121. The van der Waals surface area contributed by atoms with Gasteiger partial charge in [0.25, 0.3) is 0 Å². The third-order valence-corrected chi connectivity index (χ3v) is 8.19. The van der Waals surface area contributed by atoms with Gasteiger partial charge in [-0.2, -0.15) is 0 Å². The molecule has 4 aromatic rings. The van der Waals surface area contributed by atoms with E-state index in [0.29, 0.717) is 21.2 Å². The Labute approximate surface area is 238 Å². The maximum absolute atomic E-state index is 14.3. The summed E-state index contributed by atoms with van der Waals surface area (Å²) >= 11 is 12.0. The van der Waals surface area contributed by atoms with Gasteiger partial charge in [-0.25, -0.2) is 8.42 Å². The molecule has 0 aliphatic rings. The highest BCUT2D eigenvalue weighted by molar-refractivity contribution is 8.01. The Morgan fingerprint density at radius 1 is 0.590 bits per heavy atom. The zero-order chi connectivity index (χ0) is 28.2. The maximum atomic E-state index is 14.3. The number of halogens is 2. The molecule has 0 unspecified atom stereocenters. The molecule has 0 aliphatic heterocycles. The third kappa shape index (κ3) is 6.82. The first-order valence-corrected chi connectivity index (χ1v) is 14.2. The number of carbonyl (C=O) groups is 2. The number of rotatable bonds is 8. The Morgan fingerprint density at radius 3 is 1.28 bits per heavy atom. The molecule has 0 radical (unpaired) electrons. The Balaban J connectivity index is 1.96. The lowest BCUT2D eigenvalue weighted by Crippen LogP contribution is -2.21. The van der Waals surface area contributed by atoms with E-state index in [0.717, 1.165) is 11.1 Å². The van der Waals surface area contributed by atoms with Gasteiger partial charge >= 0.3 is 0 Å². The Kier molecular flexibility index (Phi) is 8.66. The van der Waals surface area contributed by atoms with Crippen molar-refractivity contribution in [2.45, 2.75) is 13.8 Å². The van der Waals surface area contributed by atoms with E-state index in [1.54, 1.807) is 36.4 Å². The van der Waals surface area contributed by atoms with Crippen LogP contribution in [0.5, 0.6) is 0 Å². The summed E-state index contributed by atoms with van der Waals surface area (Å²) in [5.74, 6) is -1.51. The molecule has 196 valence electrons. The molecule has 0 heterocycles. The van der Waals surface area contributed by atoms with E-state index in [1.165, 1.54) is 60.7 Å². The lowest BCUT2D eigenvalue weighted by atomic mass is 10.1. The van der Waals surface area contributed by atoms with E-state index in [2.05, 4.69) is 0 Å². The van der Waals surface area contributed by atoms with Gasteiger partial charge in [-0.15, -0.1) is 0 Å². The highest BCUT2D eigenvalue weighted by atomic mass is 35.5. The molecule has 0 bridgehead atoms. The van der Waals surface area contributed by atoms with Crippen LogP contribution < -0.4 is 0 Å². The van der Waals surface area contributed by atoms with Crippen LogP contribution in [0.4, 0.5) is 0 Å². The van der Waals surface area contributed by atoms with Crippen LogP contribution in [0.3, 0.4) is 0 Å². The summed E-state index contributed by atoms with van der Waals surface area (Å²) in [4.78, 5) is 26.5. The quantitative estimate of drug-likeness (QED) is 0.157. The van der Waals surface area contributed by atoms with Crippen molar-refractivity contribution in [2.24, 2.45) is 0 Å². The largest absolute Gasteiger partial charge is 0.288 e. The molecule has 39 heavy (non-hydrogen) atoms. The van der Waals surface area contributed by atoms with E-state index >= 15 is 0 Å². The van der Waals surface area contributed by atoms with E-state index in [4.69, 9.17) is 23.2 Å². The summed E-state index contributed by atoms with van der Waals surface area (Å²) in [5, 5.41) is 0.799. The first-order chi connectivity index (χ1) is 18.5. The molecular formula is C32H24Cl2O4S. The number of allylic oxidation sites excluding steroid dienone is 2. The average Bonchev–Trinajstić information content (AvgIpc) is 2.90. The van der Waals surface area contributed by atoms with E-state index in [-0.39, 0.29) is 11.1 Å². The van der Waals surface area contributed by atoms with Crippen LogP contribution in [0.25, 0.3) is 12.2 Å². The van der Waals surface area contributed by atoms with Gasteiger partial charge in [0, 0.05) is 21.2 Å². The SMILES string of the molecule is Cc1cccc(/C=C(/C(=O)c2ccc(Cl)cc2)S(=O)(=O)/C(=C\c2cccc(C)c2)C(=O)c2ccc(Cl)cc2)c1. The third-order valence-electron chi connectivity index (χ3n) is 5.92. The molecule has 0 aromatic heterocycles. The zero-order valence-corrected chi connectivity index (χ0v) is 23.5. The van der Waals surface area contributed by atoms with Crippen molar-refractivity contribution >= 4 is 56.8 Å². The predicted octanol–water partition coefficient (Wildman–Crippen LogP) is 8.17. The zero-order valence-electron chi connectivity index (χ0n) is 21.2. The minimum atomic E-state index is -4.64. The number of hydrogen-bond acceptors (Lipinski definition) is 4. The van der Waals surface area contributed by atoms with Gasteiger partial charge in [0.15, 0.2) is 0 Å². The summed E-state index contributed by atoms with van der Waals surface area (Å²) in [7, 11) is -4.64. The van der Waals surface area contributed by atoms with Crippen LogP contribution >= 0.6 is 23.2 Å². The fourth-order valence-electron chi connectivity index (χ4n) is 3.96. The van der Waals surface area contributed by atoms with Crippen molar-refractivity contribution in [3.63, 3.8) is 0 Å². The van der Waals surface area contributed by atoms with Gasteiger partial charge < -0.3 is 0 Å². The first-order valence-electron chi connectivity index (χ1n) is 12.0. The normalized spacial score (nSPS) is 12.3. The van der Waals surface area contributed by atoms with Gasteiger partial charge in [0.1, 0.15) is 9.81 Å². The molecule has 0 saturated carbocycles. The number of benzene rings is 4. The van der Waals surface area contributed by atoms with Gasteiger partial charge in [0.05, 0.1) is 0 Å². The van der Waals surface area contributed by atoms with Crippen molar-refractivity contribution in [1.29, 1.82) is 0 Å². The van der Waals surface area contributed by atoms with Crippen molar-refractivity contribution in [3.05, 3.63) is 150 Å². The lowest BCUT2D eigenvalue weighted by Gasteiger charge is -2.13.